The highest BCUT2D eigenvalue weighted by atomic mass is 35.5. The highest BCUT2D eigenvalue weighted by molar-refractivity contribution is 7.90. The van der Waals surface area contributed by atoms with Gasteiger partial charge in [0.15, 0.2) is 0 Å². The molecule has 0 bridgehead atoms. The van der Waals surface area contributed by atoms with E-state index >= 15 is 0 Å². The van der Waals surface area contributed by atoms with E-state index in [2.05, 4.69) is 14.9 Å². The molecule has 0 unspecified atom stereocenters. The predicted molar refractivity (Wildman–Crippen MR) is 142 cm³/mol. The molecule has 0 saturated carbocycles. The van der Waals surface area contributed by atoms with Crippen molar-refractivity contribution < 1.29 is 18.3 Å². The van der Waals surface area contributed by atoms with Crippen LogP contribution in [0, 0.1) is 0 Å². The minimum absolute atomic E-state index is 0.0950. The van der Waals surface area contributed by atoms with Gasteiger partial charge in [0, 0.05) is 42.5 Å². The molecule has 2 aromatic carbocycles. The van der Waals surface area contributed by atoms with E-state index in [1.807, 2.05) is 48.5 Å². The van der Waals surface area contributed by atoms with Crippen LogP contribution in [-0.2, 0) is 20.4 Å². The van der Waals surface area contributed by atoms with E-state index in [0.717, 1.165) is 30.0 Å². The first-order chi connectivity index (χ1) is 16.4. The minimum Gasteiger partial charge on any atom is -0.385 e. The summed E-state index contributed by atoms with van der Waals surface area (Å²) in [5, 5.41) is 14.6. The average molecular weight is 522 g/mol. The van der Waals surface area contributed by atoms with Crippen molar-refractivity contribution in [3.8, 4) is 0 Å². The summed E-state index contributed by atoms with van der Waals surface area (Å²) in [5.41, 5.74) is 1.82. The largest absolute Gasteiger partial charge is 0.385 e. The smallest absolute Gasteiger partial charge is 0.224 e. The van der Waals surface area contributed by atoms with Crippen molar-refractivity contribution in [1.82, 2.24) is 4.72 Å². The van der Waals surface area contributed by atoms with Crippen LogP contribution in [0.4, 0.5) is 11.4 Å². The molecule has 1 aliphatic heterocycles. The molecule has 2 aromatic rings. The molecule has 7 nitrogen and oxygen atoms in total. The van der Waals surface area contributed by atoms with Crippen molar-refractivity contribution in [1.29, 1.82) is 0 Å². The molecule has 9 heteroatoms. The minimum atomic E-state index is -3.36. The number of piperidine rings is 1. The molecule has 1 saturated heterocycles. The number of aliphatic hydroxyl groups is 1. The summed E-state index contributed by atoms with van der Waals surface area (Å²) in [4.78, 5) is 14.5. The first-order valence-electron chi connectivity index (χ1n) is 12.0. The third kappa shape index (κ3) is 7.43. The maximum Gasteiger partial charge on any atom is 0.224 e. The normalized spacial score (nSPS) is 16.2. The monoisotopic (exact) mass is 521 g/mol. The number of carbonyl (C=O) groups is 1. The van der Waals surface area contributed by atoms with Crippen molar-refractivity contribution in [2.24, 2.45) is 0 Å². The Morgan fingerprint density at radius 3 is 2.20 bits per heavy atom. The van der Waals surface area contributed by atoms with Crippen molar-refractivity contribution in [2.75, 3.05) is 29.9 Å². The first kappa shape index (κ1) is 27.5. The number of benzene rings is 2. The van der Waals surface area contributed by atoms with Gasteiger partial charge in [-0.1, -0.05) is 23.7 Å². The van der Waals surface area contributed by atoms with Crippen LogP contribution in [0.5, 0.6) is 0 Å². The molecule has 1 aliphatic rings. The molecule has 1 amide bonds. The Morgan fingerprint density at radius 2 is 1.63 bits per heavy atom. The summed E-state index contributed by atoms with van der Waals surface area (Å²) in [5.74, 6) is -0.0950. The van der Waals surface area contributed by atoms with Crippen LogP contribution in [0.3, 0.4) is 0 Å². The van der Waals surface area contributed by atoms with Gasteiger partial charge in [-0.25, -0.2) is 13.1 Å². The average Bonchev–Trinajstić information content (AvgIpc) is 2.79. The second-order valence-corrected chi connectivity index (χ2v) is 13.0. The molecule has 3 rings (SSSR count). The molecule has 0 atom stereocenters. The fourth-order valence-corrected chi connectivity index (χ4v) is 4.97. The number of halogens is 1. The van der Waals surface area contributed by atoms with Crippen molar-refractivity contribution >= 4 is 38.9 Å². The number of unbranched alkanes of at least 4 members (excludes halogenated alkanes) is 1. The highest BCUT2D eigenvalue weighted by Gasteiger charge is 2.34. The lowest BCUT2D eigenvalue weighted by Gasteiger charge is -2.39. The number of amides is 1. The number of hydrogen-bond donors (Lipinski definition) is 3. The standard InChI is InChI=1S/C26H36ClN3O4S/c1-25(2,3)35(33,34)28-17-5-4-6-24(31)29-22-11-13-23(14-12-22)30-18-15-26(32,16-19-30)20-7-9-21(27)10-8-20/h7-14,28,32H,4-6,15-19H2,1-3H3,(H,29,31). The Balaban J connectivity index is 1.41. The Morgan fingerprint density at radius 1 is 1.03 bits per heavy atom. The number of rotatable bonds is 9. The van der Waals surface area contributed by atoms with E-state index in [9.17, 15) is 18.3 Å². The molecule has 35 heavy (non-hydrogen) atoms. The summed E-state index contributed by atoms with van der Waals surface area (Å²) in [6, 6.07) is 15.1. The van der Waals surface area contributed by atoms with Crippen molar-refractivity contribution in [3.63, 3.8) is 0 Å². The fraction of sp³-hybridized carbons (Fsp3) is 0.500. The SMILES string of the molecule is CC(C)(C)S(=O)(=O)NCCCCC(=O)Nc1ccc(N2CCC(O)(c3ccc(Cl)cc3)CC2)cc1. The van der Waals surface area contributed by atoms with Crippen LogP contribution >= 0.6 is 11.6 Å². The van der Waals surface area contributed by atoms with Crippen LogP contribution in [0.15, 0.2) is 48.5 Å². The van der Waals surface area contributed by atoms with E-state index in [-0.39, 0.29) is 5.91 Å². The molecular weight excluding hydrogens is 486 g/mol. The van der Waals surface area contributed by atoms with E-state index in [0.29, 0.717) is 43.7 Å². The molecule has 1 fully saturated rings. The van der Waals surface area contributed by atoms with E-state index in [1.54, 1.807) is 20.8 Å². The zero-order valence-electron chi connectivity index (χ0n) is 20.7. The maximum absolute atomic E-state index is 12.2. The molecule has 192 valence electrons. The predicted octanol–water partition coefficient (Wildman–Crippen LogP) is 4.65. The maximum atomic E-state index is 12.2. The van der Waals surface area contributed by atoms with E-state index in [1.165, 1.54) is 0 Å². The van der Waals surface area contributed by atoms with Gasteiger partial charge in [0.25, 0.3) is 0 Å². The molecule has 1 heterocycles. The second kappa shape index (κ2) is 11.3. The number of anilines is 2. The van der Waals surface area contributed by atoms with Gasteiger partial charge >= 0.3 is 0 Å². The Labute approximate surface area is 213 Å². The third-order valence-electron chi connectivity index (χ3n) is 6.42. The summed E-state index contributed by atoms with van der Waals surface area (Å²) in [6.07, 6.45) is 2.77. The molecule has 0 radical (unpaired) electrons. The van der Waals surface area contributed by atoms with Gasteiger partial charge in [-0.05, 0) is 88.4 Å². The van der Waals surface area contributed by atoms with Crippen LogP contribution in [-0.4, -0.2) is 43.8 Å². The van der Waals surface area contributed by atoms with Crippen LogP contribution in [0.1, 0.15) is 58.4 Å². The zero-order chi connectivity index (χ0) is 25.7. The topological polar surface area (TPSA) is 98.7 Å². The molecule has 0 aromatic heterocycles. The number of hydrogen-bond acceptors (Lipinski definition) is 5. The van der Waals surface area contributed by atoms with Crippen LogP contribution in [0.2, 0.25) is 5.02 Å². The van der Waals surface area contributed by atoms with Crippen molar-refractivity contribution in [2.45, 2.75) is 63.2 Å². The second-order valence-electron chi connectivity index (χ2n) is 10.1. The van der Waals surface area contributed by atoms with Gasteiger partial charge in [-0.3, -0.25) is 4.79 Å². The van der Waals surface area contributed by atoms with Crippen LogP contribution < -0.4 is 14.9 Å². The molecule has 0 spiro atoms. The molecular formula is C26H36ClN3O4S. The molecule has 3 N–H and O–H groups in total. The number of nitrogens with zero attached hydrogens (tertiary/aromatic N) is 1. The van der Waals surface area contributed by atoms with Gasteiger partial charge in [0.05, 0.1) is 10.3 Å². The van der Waals surface area contributed by atoms with Gasteiger partial charge in [-0.15, -0.1) is 0 Å². The Hall–Kier alpha value is -2.13. The Bertz CT molecular complexity index is 1090. The summed E-state index contributed by atoms with van der Waals surface area (Å²) in [6.45, 7) is 6.74. The van der Waals surface area contributed by atoms with E-state index < -0.39 is 20.4 Å². The van der Waals surface area contributed by atoms with Gasteiger partial charge in [0.2, 0.25) is 15.9 Å². The van der Waals surface area contributed by atoms with Gasteiger partial charge < -0.3 is 15.3 Å². The zero-order valence-corrected chi connectivity index (χ0v) is 22.3. The number of carbonyl (C=O) groups excluding carboxylic acids is 1. The van der Waals surface area contributed by atoms with E-state index in [4.69, 9.17) is 11.6 Å². The lowest BCUT2D eigenvalue weighted by molar-refractivity contribution is -0.116. The molecule has 0 aliphatic carbocycles. The highest BCUT2D eigenvalue weighted by Crippen LogP contribution is 2.35. The number of sulfonamides is 1. The van der Waals surface area contributed by atoms with Crippen LogP contribution in [0.25, 0.3) is 0 Å². The summed E-state index contributed by atoms with van der Waals surface area (Å²) >= 11 is 5.97. The Kier molecular flexibility index (Phi) is 8.86. The fourth-order valence-electron chi connectivity index (χ4n) is 4.00. The lowest BCUT2D eigenvalue weighted by Crippen LogP contribution is -2.42. The first-order valence-corrected chi connectivity index (χ1v) is 13.9. The lowest BCUT2D eigenvalue weighted by atomic mass is 9.84. The number of nitrogens with one attached hydrogen (secondary N) is 2. The quantitative estimate of drug-likeness (QED) is 0.417. The van der Waals surface area contributed by atoms with Gasteiger partial charge in [-0.2, -0.15) is 0 Å². The van der Waals surface area contributed by atoms with Gasteiger partial charge in [0.1, 0.15) is 0 Å². The van der Waals surface area contributed by atoms with Crippen molar-refractivity contribution in [3.05, 3.63) is 59.1 Å². The summed E-state index contributed by atoms with van der Waals surface area (Å²) in [7, 11) is -3.36. The third-order valence-corrected chi connectivity index (χ3v) is 8.87. The summed E-state index contributed by atoms with van der Waals surface area (Å²) < 4.78 is 25.8.